The van der Waals surface area contributed by atoms with Gasteiger partial charge in [-0.3, -0.25) is 0 Å². The largest absolute Gasteiger partial charge is 0.384 e. The molecular weight excluding hydrogens is 200 g/mol. The smallest absolute Gasteiger partial charge is 0.156 e. The van der Waals surface area contributed by atoms with E-state index >= 15 is 0 Å². The van der Waals surface area contributed by atoms with Crippen LogP contribution in [0, 0.1) is 6.07 Å². The van der Waals surface area contributed by atoms with Gasteiger partial charge in [0.25, 0.3) is 0 Å². The van der Waals surface area contributed by atoms with Gasteiger partial charge in [0.15, 0.2) is 9.84 Å². The Labute approximate surface area is 84.6 Å². The monoisotopic (exact) mass is 213 g/mol. The summed E-state index contributed by atoms with van der Waals surface area (Å²) in [5, 5.41) is 0. The van der Waals surface area contributed by atoms with E-state index in [1.165, 1.54) is 7.11 Å². The van der Waals surface area contributed by atoms with E-state index in [0.717, 1.165) is 0 Å². The maximum Gasteiger partial charge on any atom is 0.156 e. The molecule has 0 bridgehead atoms. The molecule has 0 atom stereocenters. The molecule has 14 heavy (non-hydrogen) atoms. The molecule has 3 nitrogen and oxygen atoms in total. The van der Waals surface area contributed by atoms with E-state index in [1.807, 2.05) is 6.07 Å². The Bertz CT molecular complexity index is 356. The van der Waals surface area contributed by atoms with Crippen LogP contribution in [0.4, 0.5) is 0 Å². The molecule has 1 aromatic carbocycles. The number of rotatable bonds is 5. The molecule has 4 heteroatoms. The molecule has 0 heterocycles. The van der Waals surface area contributed by atoms with Crippen LogP contribution in [0.25, 0.3) is 0 Å². The van der Waals surface area contributed by atoms with Gasteiger partial charge in [0, 0.05) is 7.11 Å². The third-order valence-corrected chi connectivity index (χ3v) is 3.29. The summed E-state index contributed by atoms with van der Waals surface area (Å²) in [6.07, 6.45) is 0. The SMILES string of the molecule is COCCS(=O)(=O)Cc1[c]cccc1. The number of hydrogen-bond donors (Lipinski definition) is 0. The lowest BCUT2D eigenvalue weighted by atomic mass is 10.2. The number of sulfone groups is 1. The number of hydrogen-bond acceptors (Lipinski definition) is 3. The van der Waals surface area contributed by atoms with Crippen LogP contribution in [0.3, 0.4) is 0 Å². The molecule has 0 aliphatic heterocycles. The number of ether oxygens (including phenoxy) is 1. The fourth-order valence-electron chi connectivity index (χ4n) is 1.04. The van der Waals surface area contributed by atoms with Crippen LogP contribution in [0.2, 0.25) is 0 Å². The van der Waals surface area contributed by atoms with Crippen molar-refractivity contribution < 1.29 is 13.2 Å². The zero-order chi connectivity index (χ0) is 10.4. The first-order valence-corrected chi connectivity index (χ1v) is 6.11. The standard InChI is InChI=1S/C10H13O3S/c1-13-7-8-14(11,12)9-10-5-3-2-4-6-10/h2-5H,7-9H2,1H3. The lowest BCUT2D eigenvalue weighted by molar-refractivity contribution is 0.217. The molecule has 0 fully saturated rings. The zero-order valence-corrected chi connectivity index (χ0v) is 8.88. The molecule has 0 amide bonds. The van der Waals surface area contributed by atoms with Crippen molar-refractivity contribution in [2.45, 2.75) is 5.75 Å². The van der Waals surface area contributed by atoms with E-state index < -0.39 is 9.84 Å². The first kappa shape index (κ1) is 11.2. The molecule has 0 unspecified atom stereocenters. The highest BCUT2D eigenvalue weighted by atomic mass is 32.2. The summed E-state index contributed by atoms with van der Waals surface area (Å²) in [7, 11) is -1.56. The highest BCUT2D eigenvalue weighted by Crippen LogP contribution is 2.05. The Kier molecular flexibility index (Phi) is 4.10. The van der Waals surface area contributed by atoms with Gasteiger partial charge in [-0.1, -0.05) is 24.3 Å². The Morgan fingerprint density at radius 1 is 1.43 bits per heavy atom. The minimum Gasteiger partial charge on any atom is -0.384 e. The van der Waals surface area contributed by atoms with Crippen molar-refractivity contribution in [2.75, 3.05) is 19.5 Å². The summed E-state index contributed by atoms with van der Waals surface area (Å²) < 4.78 is 27.6. The molecule has 0 spiro atoms. The van der Waals surface area contributed by atoms with Gasteiger partial charge in [-0.15, -0.1) is 0 Å². The molecule has 0 saturated heterocycles. The van der Waals surface area contributed by atoms with Crippen LogP contribution in [0.1, 0.15) is 5.56 Å². The fourth-order valence-corrected chi connectivity index (χ4v) is 2.26. The Balaban J connectivity index is 2.60. The summed E-state index contributed by atoms with van der Waals surface area (Å²) >= 11 is 0. The maximum absolute atomic E-state index is 11.5. The predicted octanol–water partition coefficient (Wildman–Crippen LogP) is 1.05. The Hall–Kier alpha value is -0.870. The minimum atomic E-state index is -3.05. The molecule has 0 aliphatic rings. The van der Waals surface area contributed by atoms with Crippen LogP contribution >= 0.6 is 0 Å². The Morgan fingerprint density at radius 2 is 2.21 bits per heavy atom. The van der Waals surface area contributed by atoms with Gasteiger partial charge in [-0.2, -0.15) is 0 Å². The summed E-state index contributed by atoms with van der Waals surface area (Å²) in [5.41, 5.74) is 0.698. The topological polar surface area (TPSA) is 43.4 Å². The highest BCUT2D eigenvalue weighted by molar-refractivity contribution is 7.90. The van der Waals surface area contributed by atoms with Crippen molar-refractivity contribution >= 4 is 9.84 Å². The quantitative estimate of drug-likeness (QED) is 0.734. The molecule has 77 valence electrons. The van der Waals surface area contributed by atoms with Crippen molar-refractivity contribution in [2.24, 2.45) is 0 Å². The Morgan fingerprint density at radius 3 is 2.79 bits per heavy atom. The van der Waals surface area contributed by atoms with Crippen molar-refractivity contribution in [1.29, 1.82) is 0 Å². The second kappa shape index (κ2) is 5.12. The second-order valence-electron chi connectivity index (χ2n) is 2.97. The first-order valence-electron chi connectivity index (χ1n) is 4.29. The molecule has 1 radical (unpaired) electrons. The third-order valence-electron chi connectivity index (χ3n) is 1.75. The van der Waals surface area contributed by atoms with Gasteiger partial charge in [0.1, 0.15) is 0 Å². The van der Waals surface area contributed by atoms with Gasteiger partial charge in [-0.05, 0) is 11.6 Å². The van der Waals surface area contributed by atoms with Crippen LogP contribution in [-0.2, 0) is 20.3 Å². The highest BCUT2D eigenvalue weighted by Gasteiger charge is 2.10. The van der Waals surface area contributed by atoms with E-state index in [-0.39, 0.29) is 18.1 Å². The van der Waals surface area contributed by atoms with Gasteiger partial charge in [0.05, 0.1) is 18.1 Å². The summed E-state index contributed by atoms with van der Waals surface area (Å²) in [4.78, 5) is 0. The molecule has 0 aliphatic carbocycles. The second-order valence-corrected chi connectivity index (χ2v) is 5.16. The first-order chi connectivity index (χ1) is 6.64. The van der Waals surface area contributed by atoms with E-state index in [1.54, 1.807) is 18.2 Å². The van der Waals surface area contributed by atoms with E-state index in [0.29, 0.717) is 5.56 Å². The van der Waals surface area contributed by atoms with Crippen LogP contribution in [0.15, 0.2) is 24.3 Å². The zero-order valence-electron chi connectivity index (χ0n) is 8.06. The third kappa shape index (κ3) is 3.89. The lowest BCUT2D eigenvalue weighted by Gasteiger charge is -2.02. The van der Waals surface area contributed by atoms with Crippen molar-refractivity contribution in [3.8, 4) is 0 Å². The summed E-state index contributed by atoms with van der Waals surface area (Å²) in [6, 6.07) is 9.96. The molecule has 0 saturated carbocycles. The number of methoxy groups -OCH3 is 1. The van der Waals surface area contributed by atoms with Gasteiger partial charge in [-0.25, -0.2) is 8.42 Å². The van der Waals surface area contributed by atoms with Crippen LogP contribution in [-0.4, -0.2) is 27.9 Å². The molecular formula is C10H13O3S. The van der Waals surface area contributed by atoms with Crippen molar-refractivity contribution in [3.05, 3.63) is 35.9 Å². The predicted molar refractivity (Wildman–Crippen MR) is 54.6 cm³/mol. The van der Waals surface area contributed by atoms with Crippen molar-refractivity contribution in [3.63, 3.8) is 0 Å². The molecule has 1 aromatic rings. The minimum absolute atomic E-state index is 0.0389. The van der Waals surface area contributed by atoms with Gasteiger partial charge < -0.3 is 4.74 Å². The van der Waals surface area contributed by atoms with Crippen LogP contribution < -0.4 is 0 Å². The van der Waals surface area contributed by atoms with Gasteiger partial charge >= 0.3 is 0 Å². The van der Waals surface area contributed by atoms with E-state index in [2.05, 4.69) is 6.07 Å². The lowest BCUT2D eigenvalue weighted by Crippen LogP contribution is -2.13. The average Bonchev–Trinajstić information content (AvgIpc) is 2.16. The van der Waals surface area contributed by atoms with Crippen LogP contribution in [0.5, 0.6) is 0 Å². The summed E-state index contributed by atoms with van der Waals surface area (Å²) in [5.74, 6) is 0.101. The fraction of sp³-hybridized carbons (Fsp3) is 0.400. The van der Waals surface area contributed by atoms with E-state index in [9.17, 15) is 8.42 Å². The van der Waals surface area contributed by atoms with E-state index in [4.69, 9.17) is 4.74 Å². The molecule has 1 rings (SSSR count). The van der Waals surface area contributed by atoms with Gasteiger partial charge in [0.2, 0.25) is 0 Å². The maximum atomic E-state index is 11.5. The summed E-state index contributed by atoms with van der Waals surface area (Å²) in [6.45, 7) is 0.245. The molecule has 0 aromatic heterocycles. The number of benzene rings is 1. The molecule has 0 N–H and O–H groups in total. The normalized spacial score (nSPS) is 11.5. The average molecular weight is 213 g/mol. The van der Waals surface area contributed by atoms with Crippen molar-refractivity contribution in [1.82, 2.24) is 0 Å².